The molecule has 0 unspecified atom stereocenters. The lowest BCUT2D eigenvalue weighted by molar-refractivity contribution is -0.276. The third-order valence-corrected chi connectivity index (χ3v) is 2.72. The smallest absolute Gasteiger partial charge is 0.388 e. The molecule has 0 atom stereocenters. The molecule has 0 fully saturated rings. The van der Waals surface area contributed by atoms with Gasteiger partial charge in [-0.3, -0.25) is 0 Å². The van der Waals surface area contributed by atoms with Gasteiger partial charge in [-0.05, 0) is 48.0 Å². The molecular formula is C13H11BrF3N3O. The van der Waals surface area contributed by atoms with Crippen LogP contribution in [0.5, 0.6) is 5.88 Å². The lowest BCUT2D eigenvalue weighted by Gasteiger charge is -2.09. The van der Waals surface area contributed by atoms with E-state index in [-0.39, 0.29) is 0 Å². The van der Waals surface area contributed by atoms with Crippen LogP contribution in [0.4, 0.5) is 13.2 Å². The second-order valence-electron chi connectivity index (χ2n) is 4.43. The van der Waals surface area contributed by atoms with E-state index in [1.54, 1.807) is 10.7 Å². The van der Waals surface area contributed by atoms with E-state index in [0.29, 0.717) is 10.3 Å². The highest BCUT2D eigenvalue weighted by Crippen LogP contribution is 2.23. The van der Waals surface area contributed by atoms with Crippen LogP contribution in [0.1, 0.15) is 19.5 Å². The molecule has 2 aromatic heterocycles. The number of alkyl halides is 3. The number of aromatic nitrogens is 3. The van der Waals surface area contributed by atoms with Gasteiger partial charge in [-0.15, -0.1) is 13.2 Å². The Morgan fingerprint density at radius 1 is 1.33 bits per heavy atom. The maximum absolute atomic E-state index is 12.1. The SMILES string of the molecule is CC(C)=Cc1cc(Br)nn1-c1ccc(OC(F)(F)F)nc1. The Balaban J connectivity index is 2.33. The Labute approximate surface area is 127 Å². The van der Waals surface area contributed by atoms with Gasteiger partial charge in [0.15, 0.2) is 0 Å². The molecule has 0 saturated carbocycles. The lowest BCUT2D eigenvalue weighted by atomic mass is 10.2. The van der Waals surface area contributed by atoms with E-state index in [9.17, 15) is 13.2 Å². The molecule has 0 saturated heterocycles. The van der Waals surface area contributed by atoms with Gasteiger partial charge < -0.3 is 4.74 Å². The third kappa shape index (κ3) is 4.32. The highest BCUT2D eigenvalue weighted by molar-refractivity contribution is 9.10. The van der Waals surface area contributed by atoms with Gasteiger partial charge in [0.05, 0.1) is 17.6 Å². The Bertz CT molecular complexity index is 658. The minimum atomic E-state index is -4.75. The van der Waals surface area contributed by atoms with Crippen LogP contribution in [0, 0.1) is 0 Å². The minimum absolute atomic E-state index is 0.513. The lowest BCUT2D eigenvalue weighted by Crippen LogP contribution is -2.17. The fraction of sp³-hybridized carbons (Fsp3) is 0.231. The van der Waals surface area contributed by atoms with Crippen LogP contribution in [-0.2, 0) is 0 Å². The van der Waals surface area contributed by atoms with Crippen molar-refractivity contribution in [3.05, 3.63) is 40.3 Å². The fourth-order valence-electron chi connectivity index (χ4n) is 1.65. The standard InChI is InChI=1S/C13H11BrF3N3O/c1-8(2)5-10-6-11(14)19-20(10)9-3-4-12(18-7-9)21-13(15,16)17/h3-7H,1-2H3. The van der Waals surface area contributed by atoms with Crippen LogP contribution in [-0.4, -0.2) is 21.1 Å². The van der Waals surface area contributed by atoms with E-state index in [1.165, 1.54) is 12.3 Å². The monoisotopic (exact) mass is 361 g/mol. The second-order valence-corrected chi connectivity index (χ2v) is 5.24. The number of allylic oxidation sites excluding steroid dienone is 1. The van der Waals surface area contributed by atoms with Crippen LogP contribution < -0.4 is 4.74 Å². The first-order valence-electron chi connectivity index (χ1n) is 5.87. The number of ether oxygens (including phenoxy) is 1. The van der Waals surface area contributed by atoms with Crippen molar-refractivity contribution in [3.8, 4) is 11.6 Å². The first kappa shape index (κ1) is 15.6. The molecule has 2 heterocycles. The van der Waals surface area contributed by atoms with Crippen LogP contribution >= 0.6 is 15.9 Å². The molecule has 0 N–H and O–H groups in total. The van der Waals surface area contributed by atoms with Crippen molar-refractivity contribution in [2.45, 2.75) is 20.2 Å². The molecule has 0 aliphatic rings. The van der Waals surface area contributed by atoms with Crippen molar-refractivity contribution in [2.75, 3.05) is 0 Å². The second kappa shape index (κ2) is 5.88. The molecule has 8 heteroatoms. The Kier molecular flexibility index (Phi) is 4.36. The molecule has 112 valence electrons. The van der Waals surface area contributed by atoms with Crippen LogP contribution in [0.15, 0.2) is 34.6 Å². The van der Waals surface area contributed by atoms with Crippen LogP contribution in [0.2, 0.25) is 0 Å². The number of hydrogen-bond donors (Lipinski definition) is 0. The van der Waals surface area contributed by atoms with Gasteiger partial charge in [-0.25, -0.2) is 9.67 Å². The van der Waals surface area contributed by atoms with E-state index in [4.69, 9.17) is 0 Å². The highest BCUT2D eigenvalue weighted by atomic mass is 79.9. The van der Waals surface area contributed by atoms with E-state index >= 15 is 0 Å². The number of rotatable bonds is 3. The van der Waals surface area contributed by atoms with Gasteiger partial charge in [0.2, 0.25) is 5.88 Å². The van der Waals surface area contributed by atoms with Crippen LogP contribution in [0.25, 0.3) is 11.8 Å². The average molecular weight is 362 g/mol. The van der Waals surface area contributed by atoms with Gasteiger partial charge in [0, 0.05) is 6.07 Å². The highest BCUT2D eigenvalue weighted by Gasteiger charge is 2.31. The molecule has 4 nitrogen and oxygen atoms in total. The molecule has 0 aliphatic heterocycles. The predicted molar refractivity (Wildman–Crippen MR) is 75.1 cm³/mol. The first-order valence-corrected chi connectivity index (χ1v) is 6.66. The average Bonchev–Trinajstić information content (AvgIpc) is 2.68. The summed E-state index contributed by atoms with van der Waals surface area (Å²) in [7, 11) is 0. The van der Waals surface area contributed by atoms with Crippen molar-refractivity contribution in [1.82, 2.24) is 14.8 Å². The van der Waals surface area contributed by atoms with Gasteiger partial charge in [0.1, 0.15) is 4.60 Å². The van der Waals surface area contributed by atoms with E-state index in [1.807, 2.05) is 19.9 Å². The molecule has 2 aromatic rings. The molecular weight excluding hydrogens is 351 g/mol. The number of pyridine rings is 1. The molecule has 0 amide bonds. The number of hydrogen-bond acceptors (Lipinski definition) is 3. The zero-order valence-corrected chi connectivity index (χ0v) is 12.7. The van der Waals surface area contributed by atoms with E-state index < -0.39 is 12.2 Å². The maximum atomic E-state index is 12.1. The van der Waals surface area contributed by atoms with E-state index in [2.05, 4.69) is 30.7 Å². The Morgan fingerprint density at radius 2 is 2.05 bits per heavy atom. The van der Waals surface area contributed by atoms with Crippen LogP contribution in [0.3, 0.4) is 0 Å². The van der Waals surface area contributed by atoms with E-state index in [0.717, 1.165) is 17.3 Å². The van der Waals surface area contributed by atoms with Gasteiger partial charge in [-0.1, -0.05) is 5.57 Å². The summed E-state index contributed by atoms with van der Waals surface area (Å²) in [4.78, 5) is 3.63. The summed E-state index contributed by atoms with van der Waals surface area (Å²) in [6.45, 7) is 3.87. The summed E-state index contributed by atoms with van der Waals surface area (Å²) in [5.74, 6) is -0.513. The minimum Gasteiger partial charge on any atom is -0.388 e. The van der Waals surface area contributed by atoms with Crippen molar-refractivity contribution in [1.29, 1.82) is 0 Å². The fourth-order valence-corrected chi connectivity index (χ4v) is 2.04. The summed E-state index contributed by atoms with van der Waals surface area (Å²) in [5.41, 5.74) is 2.38. The van der Waals surface area contributed by atoms with Gasteiger partial charge in [0.25, 0.3) is 0 Å². The third-order valence-electron chi connectivity index (χ3n) is 2.33. The molecule has 0 spiro atoms. The topological polar surface area (TPSA) is 39.9 Å². The summed E-state index contributed by atoms with van der Waals surface area (Å²) in [5, 5.41) is 4.22. The largest absolute Gasteiger partial charge is 0.574 e. The zero-order chi connectivity index (χ0) is 15.6. The zero-order valence-electron chi connectivity index (χ0n) is 11.1. The molecule has 0 aromatic carbocycles. The van der Waals surface area contributed by atoms with Gasteiger partial charge >= 0.3 is 6.36 Å². The summed E-state index contributed by atoms with van der Waals surface area (Å²) < 4.78 is 42.2. The summed E-state index contributed by atoms with van der Waals surface area (Å²) in [6.07, 6.45) is -1.59. The van der Waals surface area contributed by atoms with Crippen molar-refractivity contribution in [3.63, 3.8) is 0 Å². The summed E-state index contributed by atoms with van der Waals surface area (Å²) in [6, 6.07) is 4.40. The Morgan fingerprint density at radius 3 is 2.57 bits per heavy atom. The molecule has 21 heavy (non-hydrogen) atoms. The number of halogens is 4. The predicted octanol–water partition coefficient (Wildman–Crippen LogP) is 4.35. The summed E-state index contributed by atoms with van der Waals surface area (Å²) >= 11 is 3.27. The van der Waals surface area contributed by atoms with Crippen molar-refractivity contribution in [2.24, 2.45) is 0 Å². The molecule has 2 rings (SSSR count). The molecule has 0 aliphatic carbocycles. The quantitative estimate of drug-likeness (QED) is 0.815. The van der Waals surface area contributed by atoms with Gasteiger partial charge in [-0.2, -0.15) is 5.10 Å². The molecule has 0 radical (unpaired) electrons. The molecule has 0 bridgehead atoms. The Hall–Kier alpha value is -1.83. The first-order chi connectivity index (χ1) is 9.74. The van der Waals surface area contributed by atoms with Crippen molar-refractivity contribution < 1.29 is 17.9 Å². The normalized spacial score (nSPS) is 11.3. The number of nitrogens with zero attached hydrogens (tertiary/aromatic N) is 3. The van der Waals surface area contributed by atoms with Crippen molar-refractivity contribution >= 4 is 22.0 Å². The maximum Gasteiger partial charge on any atom is 0.574 e.